The smallest absolute Gasteiger partial charge is 0.341 e. The van der Waals surface area contributed by atoms with Crippen LogP contribution in [0.4, 0.5) is 0 Å². The van der Waals surface area contributed by atoms with Crippen molar-refractivity contribution in [1.29, 1.82) is 0 Å². The summed E-state index contributed by atoms with van der Waals surface area (Å²) in [4.78, 5) is 11.4. The first kappa shape index (κ1) is 11.6. The predicted molar refractivity (Wildman–Crippen MR) is 64.2 cm³/mol. The van der Waals surface area contributed by atoms with Crippen LogP contribution in [-0.4, -0.2) is 17.7 Å². The highest BCUT2D eigenvalue weighted by Gasteiger charge is 2.03. The number of hydrogen-bond acceptors (Lipinski definition) is 3. The number of carbonyl (C=O) groups is 1. The molecule has 0 aliphatic carbocycles. The van der Waals surface area contributed by atoms with Crippen LogP contribution in [0.1, 0.15) is 5.56 Å². The maximum atomic E-state index is 10.3. The molecule has 0 radical (unpaired) electrons. The molecule has 0 amide bonds. The number of carboxylic acids is 1. The van der Waals surface area contributed by atoms with Gasteiger partial charge in [-0.25, -0.2) is 4.79 Å². The van der Waals surface area contributed by atoms with Gasteiger partial charge in [-0.3, -0.25) is 0 Å². The first-order valence-electron chi connectivity index (χ1n) is 3.87. The third kappa shape index (κ3) is 3.38. The van der Waals surface area contributed by atoms with Crippen molar-refractivity contribution in [2.24, 2.45) is 0 Å². The zero-order valence-corrected chi connectivity index (χ0v) is 10.5. The molecule has 0 bridgehead atoms. The number of benzene rings is 1. The van der Waals surface area contributed by atoms with Gasteiger partial charge in [-0.2, -0.15) is 0 Å². The van der Waals surface area contributed by atoms with E-state index in [4.69, 9.17) is 9.84 Å². The third-order valence-electron chi connectivity index (χ3n) is 1.59. The van der Waals surface area contributed by atoms with Gasteiger partial charge in [0.2, 0.25) is 0 Å². The number of hydrogen-bond donors (Lipinski definition) is 1. The normalized spacial score (nSPS) is 9.86. The van der Waals surface area contributed by atoms with Gasteiger partial charge in [-0.15, -0.1) is 0 Å². The second-order valence-corrected chi connectivity index (χ2v) is 4.63. The Balaban J connectivity index is 2.73. The molecule has 0 heterocycles. The Morgan fingerprint density at radius 1 is 1.64 bits per heavy atom. The van der Waals surface area contributed by atoms with Gasteiger partial charge >= 0.3 is 5.97 Å². The molecule has 0 aliphatic rings. The Kier molecular flexibility index (Phi) is 4.53. The molecule has 0 aromatic heterocycles. The van der Waals surface area contributed by atoms with E-state index in [1.54, 1.807) is 15.0 Å². The van der Waals surface area contributed by atoms with Crippen LogP contribution >= 0.6 is 30.1 Å². The zero-order valence-electron chi connectivity index (χ0n) is 7.49. The Morgan fingerprint density at radius 2 is 2.36 bits per heavy atom. The molecule has 0 fully saturated rings. The van der Waals surface area contributed by atoms with Crippen LogP contribution in [0.2, 0.25) is 0 Å². The van der Waals surface area contributed by atoms with Crippen LogP contribution in [0.15, 0.2) is 23.1 Å². The molecule has 0 spiro atoms. The average Bonchev–Trinajstić information content (AvgIpc) is 2.15. The van der Waals surface area contributed by atoms with Crippen LogP contribution in [0.3, 0.4) is 0 Å². The molecule has 14 heavy (non-hydrogen) atoms. The maximum Gasteiger partial charge on any atom is 0.341 e. The van der Waals surface area contributed by atoms with E-state index in [-0.39, 0.29) is 6.61 Å². The molecule has 1 N–H and O–H groups in total. The number of carboxylic acid groups (broad SMARTS) is 1. The van der Waals surface area contributed by atoms with Gasteiger partial charge in [0, 0.05) is 26.1 Å². The van der Waals surface area contributed by atoms with E-state index in [1.807, 2.05) is 19.1 Å². The minimum atomic E-state index is -0.961. The molecular weight excluding hydrogens is 315 g/mol. The molecule has 0 aliphatic heterocycles. The Hall–Kier alpha value is -0.430. The standard InChI is InChI=1S/C9H9IO3S/c1-6-4-7(14-10)2-3-8(6)13-5-9(11)12/h2-4H,5H2,1H3,(H,11,12). The monoisotopic (exact) mass is 324 g/mol. The lowest BCUT2D eigenvalue weighted by Crippen LogP contribution is -2.09. The third-order valence-corrected chi connectivity index (χ3v) is 3.54. The summed E-state index contributed by atoms with van der Waals surface area (Å²) in [6, 6.07) is 5.66. The number of aryl methyl sites for hydroxylation is 1. The van der Waals surface area contributed by atoms with Gasteiger partial charge in [0.25, 0.3) is 0 Å². The van der Waals surface area contributed by atoms with Crippen molar-refractivity contribution in [3.63, 3.8) is 0 Å². The van der Waals surface area contributed by atoms with Gasteiger partial charge in [0.1, 0.15) is 5.75 Å². The van der Waals surface area contributed by atoms with E-state index >= 15 is 0 Å². The Morgan fingerprint density at radius 3 is 2.86 bits per heavy atom. The average molecular weight is 324 g/mol. The van der Waals surface area contributed by atoms with E-state index in [1.165, 1.54) is 0 Å². The van der Waals surface area contributed by atoms with Crippen LogP contribution in [-0.2, 0) is 4.79 Å². The van der Waals surface area contributed by atoms with Crippen LogP contribution in [0.5, 0.6) is 5.75 Å². The van der Waals surface area contributed by atoms with Crippen LogP contribution in [0.25, 0.3) is 0 Å². The Labute approximate surface area is 98.4 Å². The summed E-state index contributed by atoms with van der Waals surface area (Å²) in [6.45, 7) is 1.60. The summed E-state index contributed by atoms with van der Waals surface area (Å²) < 4.78 is 5.09. The fourth-order valence-electron chi connectivity index (χ4n) is 0.971. The van der Waals surface area contributed by atoms with E-state index in [0.717, 1.165) is 10.5 Å². The first-order valence-corrected chi connectivity index (χ1v) is 7.23. The molecular formula is C9H9IO3S. The summed E-state index contributed by atoms with van der Waals surface area (Å²) in [5.41, 5.74) is 0.952. The van der Waals surface area contributed by atoms with Crippen molar-refractivity contribution >= 4 is 36.1 Å². The van der Waals surface area contributed by atoms with E-state index in [0.29, 0.717) is 5.75 Å². The summed E-state index contributed by atoms with van der Waals surface area (Å²) in [5.74, 6) is -0.335. The number of halogens is 1. The molecule has 0 unspecified atom stereocenters. The van der Waals surface area contributed by atoms with Crippen molar-refractivity contribution in [1.82, 2.24) is 0 Å². The van der Waals surface area contributed by atoms with Gasteiger partial charge in [0.15, 0.2) is 6.61 Å². The first-order chi connectivity index (χ1) is 6.63. The summed E-state index contributed by atoms with van der Waals surface area (Å²) in [7, 11) is 1.61. The lowest BCUT2D eigenvalue weighted by atomic mass is 10.2. The molecule has 1 aromatic rings. The predicted octanol–water partition coefficient (Wildman–Crippen LogP) is 2.90. The second-order valence-electron chi connectivity index (χ2n) is 2.69. The van der Waals surface area contributed by atoms with Crippen LogP contribution in [0, 0.1) is 6.92 Å². The summed E-state index contributed by atoms with van der Waals surface area (Å²) in [6.07, 6.45) is 0. The largest absolute Gasteiger partial charge is 0.482 e. The van der Waals surface area contributed by atoms with Crippen molar-refractivity contribution in [3.05, 3.63) is 23.8 Å². The maximum absolute atomic E-state index is 10.3. The number of rotatable bonds is 4. The minimum absolute atomic E-state index is 0.294. The fourth-order valence-corrected chi connectivity index (χ4v) is 2.13. The number of aliphatic carboxylic acids is 1. The lowest BCUT2D eigenvalue weighted by Gasteiger charge is -2.07. The van der Waals surface area contributed by atoms with Crippen molar-refractivity contribution in [3.8, 4) is 5.75 Å². The highest BCUT2D eigenvalue weighted by molar-refractivity contribution is 14.2. The molecule has 76 valence electrons. The van der Waals surface area contributed by atoms with Gasteiger partial charge in [-0.1, -0.05) is 8.93 Å². The highest BCUT2D eigenvalue weighted by atomic mass is 127. The molecule has 1 rings (SSSR count). The zero-order chi connectivity index (χ0) is 10.6. The highest BCUT2D eigenvalue weighted by Crippen LogP contribution is 2.29. The van der Waals surface area contributed by atoms with E-state index in [2.05, 4.69) is 21.2 Å². The van der Waals surface area contributed by atoms with Crippen molar-refractivity contribution < 1.29 is 14.6 Å². The van der Waals surface area contributed by atoms with Gasteiger partial charge < -0.3 is 9.84 Å². The minimum Gasteiger partial charge on any atom is -0.482 e. The van der Waals surface area contributed by atoms with E-state index in [9.17, 15) is 4.79 Å². The van der Waals surface area contributed by atoms with Crippen LogP contribution < -0.4 is 4.74 Å². The molecule has 0 saturated heterocycles. The topological polar surface area (TPSA) is 46.5 Å². The fraction of sp³-hybridized carbons (Fsp3) is 0.222. The van der Waals surface area contributed by atoms with Gasteiger partial charge in [-0.05, 0) is 30.7 Å². The lowest BCUT2D eigenvalue weighted by molar-refractivity contribution is -0.139. The molecule has 0 atom stereocenters. The van der Waals surface area contributed by atoms with Crippen molar-refractivity contribution in [2.75, 3.05) is 6.61 Å². The van der Waals surface area contributed by atoms with Gasteiger partial charge in [0.05, 0.1) is 0 Å². The second kappa shape index (κ2) is 5.45. The summed E-state index contributed by atoms with van der Waals surface area (Å²) >= 11 is 2.20. The molecule has 3 nitrogen and oxygen atoms in total. The molecule has 0 saturated carbocycles. The SMILES string of the molecule is Cc1cc(SI)ccc1OCC(=O)O. The van der Waals surface area contributed by atoms with Crippen molar-refractivity contribution in [2.45, 2.75) is 11.8 Å². The quantitative estimate of drug-likeness (QED) is 0.865. The number of ether oxygens (including phenoxy) is 1. The Bertz CT molecular complexity index is 341. The summed E-state index contributed by atoms with van der Waals surface area (Å²) in [5, 5.41) is 8.44. The molecule has 5 heteroatoms. The van der Waals surface area contributed by atoms with E-state index < -0.39 is 5.97 Å². The molecule has 1 aromatic carbocycles.